The molecule has 0 bridgehead atoms. The lowest BCUT2D eigenvalue weighted by Gasteiger charge is -2.27. The van der Waals surface area contributed by atoms with Crippen molar-refractivity contribution < 1.29 is 14.3 Å². The first-order chi connectivity index (χ1) is 10.2. The average Bonchev–Trinajstić information content (AvgIpc) is 3.18. The van der Waals surface area contributed by atoms with Gasteiger partial charge in [-0.15, -0.1) is 11.3 Å². The average molecular weight is 307 g/mol. The van der Waals surface area contributed by atoms with Gasteiger partial charge in [0, 0.05) is 30.4 Å². The molecule has 0 saturated heterocycles. The fourth-order valence-electron chi connectivity index (χ4n) is 2.68. The number of carbonyl (C=O) groups excluding carboxylic acids is 1. The van der Waals surface area contributed by atoms with Gasteiger partial charge in [-0.05, 0) is 18.4 Å². The second-order valence-electron chi connectivity index (χ2n) is 4.89. The molecule has 3 rings (SSSR count). The number of carbonyl (C=O) groups is 1. The Bertz CT molecular complexity index is 634. The number of H-pyrrole nitrogens is 1. The Morgan fingerprint density at radius 2 is 2.24 bits per heavy atom. The first-order valence-electron chi connectivity index (χ1n) is 6.62. The summed E-state index contributed by atoms with van der Waals surface area (Å²) in [5, 5.41) is 9.07. The number of hydrogen-bond acceptors (Lipinski definition) is 5. The largest absolute Gasteiger partial charge is 0.354 e. The van der Waals surface area contributed by atoms with E-state index in [1.54, 1.807) is 30.5 Å². The lowest BCUT2D eigenvalue weighted by molar-refractivity contribution is -0.113. The minimum Gasteiger partial charge on any atom is -0.354 e. The summed E-state index contributed by atoms with van der Waals surface area (Å²) in [7, 11) is 3.14. The Labute approximate surface area is 126 Å². The number of hydrogen-bond donors (Lipinski definition) is 1. The molecule has 1 amide bonds. The number of aryl methyl sites for hydroxylation is 1. The molecule has 1 atom stereocenters. The van der Waals surface area contributed by atoms with Crippen LogP contribution in [0.15, 0.2) is 17.5 Å². The van der Waals surface area contributed by atoms with Gasteiger partial charge in [0.2, 0.25) is 0 Å². The summed E-state index contributed by atoms with van der Waals surface area (Å²) in [4.78, 5) is 15.5. The molecule has 2 aromatic heterocycles. The zero-order valence-electron chi connectivity index (χ0n) is 12.1. The fourth-order valence-corrected chi connectivity index (χ4v) is 3.53. The number of methoxy groups -OCH3 is 2. The third kappa shape index (κ3) is 2.27. The maximum atomic E-state index is 12.6. The van der Waals surface area contributed by atoms with Gasteiger partial charge in [0.15, 0.2) is 12.0 Å². The van der Waals surface area contributed by atoms with Crippen molar-refractivity contribution in [3.05, 3.63) is 39.3 Å². The zero-order valence-corrected chi connectivity index (χ0v) is 12.9. The van der Waals surface area contributed by atoms with E-state index in [9.17, 15) is 4.79 Å². The molecule has 1 aliphatic heterocycles. The Morgan fingerprint density at radius 3 is 2.86 bits per heavy atom. The zero-order chi connectivity index (χ0) is 15.0. The minimum absolute atomic E-state index is 0.0909. The maximum absolute atomic E-state index is 12.6. The van der Waals surface area contributed by atoms with Crippen LogP contribution in [0, 0.1) is 6.92 Å². The number of amides is 1. The van der Waals surface area contributed by atoms with Crippen LogP contribution in [0.3, 0.4) is 0 Å². The van der Waals surface area contributed by atoms with E-state index in [-0.39, 0.29) is 11.9 Å². The topological polar surface area (TPSA) is 67.5 Å². The summed E-state index contributed by atoms with van der Waals surface area (Å²) in [5.41, 5.74) is 2.37. The van der Waals surface area contributed by atoms with Crippen molar-refractivity contribution in [3.63, 3.8) is 0 Å². The fraction of sp³-hybridized carbons (Fsp3) is 0.429. The lowest BCUT2D eigenvalue weighted by atomic mass is 10.1. The van der Waals surface area contributed by atoms with E-state index >= 15 is 0 Å². The molecule has 7 heteroatoms. The third-order valence-corrected chi connectivity index (χ3v) is 4.65. The number of fused-ring (bicyclic) bond motifs is 1. The summed E-state index contributed by atoms with van der Waals surface area (Å²) in [5.74, 6) is -0.0909. The van der Waals surface area contributed by atoms with Gasteiger partial charge >= 0.3 is 0 Å². The Kier molecular flexibility index (Phi) is 3.79. The molecule has 0 radical (unpaired) electrons. The second kappa shape index (κ2) is 5.59. The Balaban J connectivity index is 2.01. The highest BCUT2D eigenvalue weighted by Crippen LogP contribution is 2.41. The minimum atomic E-state index is -0.454. The van der Waals surface area contributed by atoms with E-state index in [4.69, 9.17) is 9.47 Å². The normalized spacial score (nSPS) is 17.8. The van der Waals surface area contributed by atoms with Crippen molar-refractivity contribution in [3.8, 4) is 0 Å². The van der Waals surface area contributed by atoms with Crippen LogP contribution in [0.25, 0.3) is 0 Å². The van der Waals surface area contributed by atoms with Crippen LogP contribution < -0.4 is 0 Å². The highest BCUT2D eigenvalue weighted by molar-refractivity contribution is 7.10. The van der Waals surface area contributed by atoms with Crippen LogP contribution in [0.1, 0.15) is 32.7 Å². The number of nitrogens with zero attached hydrogens (tertiary/aromatic N) is 2. The van der Waals surface area contributed by atoms with Gasteiger partial charge in [0.05, 0.1) is 12.6 Å². The van der Waals surface area contributed by atoms with Crippen LogP contribution in [-0.4, -0.2) is 48.1 Å². The Morgan fingerprint density at radius 1 is 1.48 bits per heavy atom. The molecule has 1 aliphatic rings. The van der Waals surface area contributed by atoms with Crippen LogP contribution in [-0.2, 0) is 9.47 Å². The lowest BCUT2D eigenvalue weighted by Crippen LogP contribution is -2.37. The standard InChI is InChI=1S/C14H17N3O3S/c1-8-11-12(16-15-8)14(18)17(7-10(19-2)20-3)13(11)9-5-4-6-21-9/h4-6,10,13H,7H2,1-3H3,(H,15,16). The van der Waals surface area contributed by atoms with Crippen molar-refractivity contribution in [2.75, 3.05) is 20.8 Å². The molecule has 21 heavy (non-hydrogen) atoms. The molecule has 6 nitrogen and oxygen atoms in total. The summed E-state index contributed by atoms with van der Waals surface area (Å²) in [6, 6.07) is 3.89. The number of thiophene rings is 1. The van der Waals surface area contributed by atoms with Crippen LogP contribution in [0.2, 0.25) is 0 Å². The van der Waals surface area contributed by atoms with E-state index in [1.807, 2.05) is 24.4 Å². The van der Waals surface area contributed by atoms with Crippen molar-refractivity contribution in [2.45, 2.75) is 19.3 Å². The SMILES string of the molecule is COC(CN1C(=O)c2n[nH]c(C)c2C1c1cccs1)OC. The van der Waals surface area contributed by atoms with Crippen molar-refractivity contribution in [1.29, 1.82) is 0 Å². The predicted molar refractivity (Wildman–Crippen MR) is 78.3 cm³/mol. The van der Waals surface area contributed by atoms with Gasteiger partial charge in [-0.1, -0.05) is 6.07 Å². The molecule has 1 N–H and O–H groups in total. The van der Waals surface area contributed by atoms with E-state index in [1.165, 1.54) is 0 Å². The molecule has 0 fully saturated rings. The van der Waals surface area contributed by atoms with E-state index in [0.29, 0.717) is 12.2 Å². The third-order valence-electron chi connectivity index (χ3n) is 3.73. The molecule has 112 valence electrons. The smallest absolute Gasteiger partial charge is 0.275 e. The number of aromatic amines is 1. The van der Waals surface area contributed by atoms with Gasteiger partial charge in [-0.25, -0.2) is 0 Å². The number of rotatable bonds is 5. The summed E-state index contributed by atoms with van der Waals surface area (Å²) < 4.78 is 10.5. The summed E-state index contributed by atoms with van der Waals surface area (Å²) >= 11 is 1.63. The van der Waals surface area contributed by atoms with Gasteiger partial charge in [-0.3, -0.25) is 9.89 Å². The quantitative estimate of drug-likeness (QED) is 0.857. The molecule has 2 aromatic rings. The van der Waals surface area contributed by atoms with E-state index in [0.717, 1.165) is 16.1 Å². The Hall–Kier alpha value is -1.70. The molecular weight excluding hydrogens is 290 g/mol. The number of ether oxygens (including phenoxy) is 2. The van der Waals surface area contributed by atoms with Crippen LogP contribution >= 0.6 is 11.3 Å². The van der Waals surface area contributed by atoms with Gasteiger partial charge in [0.25, 0.3) is 5.91 Å². The summed E-state index contributed by atoms with van der Waals surface area (Å²) in [6.07, 6.45) is -0.454. The van der Waals surface area contributed by atoms with Crippen molar-refractivity contribution >= 4 is 17.2 Å². The van der Waals surface area contributed by atoms with Gasteiger partial charge in [-0.2, -0.15) is 5.10 Å². The van der Waals surface area contributed by atoms with Crippen LogP contribution in [0.5, 0.6) is 0 Å². The summed E-state index contributed by atoms with van der Waals surface area (Å²) in [6.45, 7) is 2.30. The molecule has 0 saturated carbocycles. The van der Waals surface area contributed by atoms with Crippen molar-refractivity contribution in [1.82, 2.24) is 15.1 Å². The number of nitrogens with one attached hydrogen (secondary N) is 1. The first-order valence-corrected chi connectivity index (χ1v) is 7.50. The molecular formula is C14H17N3O3S. The van der Waals surface area contributed by atoms with Gasteiger partial charge < -0.3 is 14.4 Å². The molecule has 1 unspecified atom stereocenters. The maximum Gasteiger partial charge on any atom is 0.275 e. The monoisotopic (exact) mass is 307 g/mol. The van der Waals surface area contributed by atoms with E-state index in [2.05, 4.69) is 10.2 Å². The van der Waals surface area contributed by atoms with Crippen molar-refractivity contribution in [2.24, 2.45) is 0 Å². The van der Waals surface area contributed by atoms with E-state index < -0.39 is 6.29 Å². The second-order valence-corrected chi connectivity index (χ2v) is 5.87. The molecule has 0 aliphatic carbocycles. The predicted octanol–water partition coefficient (Wildman–Crippen LogP) is 1.94. The first kappa shape index (κ1) is 14.2. The molecule has 0 aromatic carbocycles. The number of aromatic nitrogens is 2. The molecule has 0 spiro atoms. The van der Waals surface area contributed by atoms with Crippen LogP contribution in [0.4, 0.5) is 0 Å². The highest BCUT2D eigenvalue weighted by Gasteiger charge is 2.42. The van der Waals surface area contributed by atoms with Gasteiger partial charge in [0.1, 0.15) is 0 Å². The molecule has 3 heterocycles. The highest BCUT2D eigenvalue weighted by atomic mass is 32.1.